The predicted octanol–water partition coefficient (Wildman–Crippen LogP) is 1.90. The maximum absolute atomic E-state index is 12.9. The number of aryl methyl sites for hydroxylation is 1. The van der Waals surface area contributed by atoms with Crippen molar-refractivity contribution in [3.05, 3.63) is 66.2 Å². The Morgan fingerprint density at radius 3 is 2.82 bits per heavy atom. The zero-order valence-corrected chi connectivity index (χ0v) is 15.4. The smallest absolute Gasteiger partial charge is 0.315 e. The average molecular weight is 377 g/mol. The van der Waals surface area contributed by atoms with Crippen molar-refractivity contribution in [2.45, 2.75) is 18.8 Å². The average Bonchev–Trinajstić information content (AvgIpc) is 3.37. The molecule has 3 aromatic rings. The van der Waals surface area contributed by atoms with Gasteiger partial charge in [0.15, 0.2) is 0 Å². The van der Waals surface area contributed by atoms with Gasteiger partial charge in [-0.25, -0.2) is 4.68 Å². The van der Waals surface area contributed by atoms with Crippen LogP contribution in [0, 0.1) is 0 Å². The number of carbonyl (C=O) groups excluding carboxylic acids is 2. The molecule has 8 nitrogen and oxygen atoms in total. The van der Waals surface area contributed by atoms with Crippen LogP contribution in [0.5, 0.6) is 0 Å². The van der Waals surface area contributed by atoms with Crippen LogP contribution in [-0.4, -0.2) is 45.5 Å². The Kier molecular flexibility index (Phi) is 4.84. The first-order valence-electron chi connectivity index (χ1n) is 8.96. The summed E-state index contributed by atoms with van der Waals surface area (Å²) in [6, 6.07) is 11.1. The minimum atomic E-state index is -0.451. The van der Waals surface area contributed by atoms with Gasteiger partial charge in [0, 0.05) is 31.3 Å². The molecule has 0 N–H and O–H groups in total. The molecule has 1 unspecified atom stereocenters. The molecule has 1 aliphatic rings. The number of ether oxygens (including phenoxy) is 1. The van der Waals surface area contributed by atoms with Gasteiger partial charge in [0.2, 0.25) is 5.91 Å². The van der Waals surface area contributed by atoms with Crippen LogP contribution in [0.4, 0.5) is 5.69 Å². The number of carbonyl (C=O) groups is 2. The number of esters is 1. The minimum Gasteiger partial charge on any atom is -0.468 e. The number of hydrogen-bond donors (Lipinski definition) is 0. The lowest BCUT2D eigenvalue weighted by molar-refractivity contribution is -0.142. The molecule has 0 saturated heterocycles. The first-order valence-corrected chi connectivity index (χ1v) is 8.96. The second-order valence-corrected chi connectivity index (χ2v) is 6.49. The highest BCUT2D eigenvalue weighted by Crippen LogP contribution is 2.37. The van der Waals surface area contributed by atoms with E-state index in [9.17, 15) is 9.59 Å². The third kappa shape index (κ3) is 3.24. The number of benzene rings is 1. The molecule has 4 rings (SSSR count). The first-order chi connectivity index (χ1) is 13.7. The van der Waals surface area contributed by atoms with Crippen molar-refractivity contribution < 1.29 is 14.3 Å². The Labute approximate surface area is 161 Å². The van der Waals surface area contributed by atoms with Crippen molar-refractivity contribution in [3.63, 3.8) is 0 Å². The molecule has 1 atom stereocenters. The molecule has 142 valence electrons. The number of amides is 1. The van der Waals surface area contributed by atoms with E-state index >= 15 is 0 Å². The van der Waals surface area contributed by atoms with Crippen LogP contribution in [0.2, 0.25) is 0 Å². The highest BCUT2D eigenvalue weighted by Gasteiger charge is 2.36. The Morgan fingerprint density at radius 2 is 2.04 bits per heavy atom. The van der Waals surface area contributed by atoms with Gasteiger partial charge in [-0.3, -0.25) is 14.6 Å². The van der Waals surface area contributed by atoms with Crippen molar-refractivity contribution in [3.8, 4) is 5.69 Å². The SMILES string of the molecule is COC(=O)C1CN(C(=O)CCc2cnnn2-c2cccnc2)c2ccccc21. The van der Waals surface area contributed by atoms with E-state index in [0.717, 1.165) is 22.6 Å². The molecule has 0 aliphatic carbocycles. The molecule has 28 heavy (non-hydrogen) atoms. The fourth-order valence-corrected chi connectivity index (χ4v) is 3.48. The molecule has 1 amide bonds. The lowest BCUT2D eigenvalue weighted by Gasteiger charge is -2.17. The van der Waals surface area contributed by atoms with E-state index < -0.39 is 5.92 Å². The van der Waals surface area contributed by atoms with Gasteiger partial charge in [-0.2, -0.15) is 0 Å². The molecule has 1 aliphatic heterocycles. The van der Waals surface area contributed by atoms with E-state index in [1.807, 2.05) is 36.4 Å². The molecular formula is C20H19N5O3. The molecular weight excluding hydrogens is 358 g/mol. The Hall–Kier alpha value is -3.55. The van der Waals surface area contributed by atoms with Crippen molar-refractivity contribution in [1.82, 2.24) is 20.0 Å². The topological polar surface area (TPSA) is 90.2 Å². The molecule has 0 fully saturated rings. The fraction of sp³-hybridized carbons (Fsp3) is 0.250. The third-order valence-electron chi connectivity index (χ3n) is 4.86. The lowest BCUT2D eigenvalue weighted by Crippen LogP contribution is -2.31. The van der Waals surface area contributed by atoms with Gasteiger partial charge in [-0.1, -0.05) is 23.4 Å². The van der Waals surface area contributed by atoms with Gasteiger partial charge in [-0.05, 0) is 23.8 Å². The van der Waals surface area contributed by atoms with Crippen molar-refractivity contribution >= 4 is 17.6 Å². The zero-order chi connectivity index (χ0) is 19.5. The lowest BCUT2D eigenvalue weighted by atomic mass is 10.0. The summed E-state index contributed by atoms with van der Waals surface area (Å²) in [6.45, 7) is 0.297. The van der Waals surface area contributed by atoms with Gasteiger partial charge >= 0.3 is 5.97 Å². The van der Waals surface area contributed by atoms with E-state index in [0.29, 0.717) is 13.0 Å². The molecule has 0 bridgehead atoms. The number of fused-ring (bicyclic) bond motifs is 1. The third-order valence-corrected chi connectivity index (χ3v) is 4.86. The van der Waals surface area contributed by atoms with E-state index in [4.69, 9.17) is 4.74 Å². The van der Waals surface area contributed by atoms with E-state index in [1.165, 1.54) is 7.11 Å². The molecule has 0 spiro atoms. The summed E-state index contributed by atoms with van der Waals surface area (Å²) in [5.41, 5.74) is 3.20. The van der Waals surface area contributed by atoms with Crippen LogP contribution in [-0.2, 0) is 20.7 Å². The maximum atomic E-state index is 12.9. The number of para-hydroxylation sites is 1. The largest absolute Gasteiger partial charge is 0.468 e. The second kappa shape index (κ2) is 7.59. The number of pyridine rings is 1. The predicted molar refractivity (Wildman–Crippen MR) is 101 cm³/mol. The first kappa shape index (κ1) is 17.8. The maximum Gasteiger partial charge on any atom is 0.315 e. The summed E-state index contributed by atoms with van der Waals surface area (Å²) in [4.78, 5) is 30.8. The Bertz CT molecular complexity index is 1000. The molecule has 8 heteroatoms. The summed E-state index contributed by atoms with van der Waals surface area (Å²) < 4.78 is 6.58. The van der Waals surface area contributed by atoms with Gasteiger partial charge in [-0.15, -0.1) is 5.10 Å². The fourth-order valence-electron chi connectivity index (χ4n) is 3.48. The monoisotopic (exact) mass is 377 g/mol. The number of rotatable bonds is 5. The van der Waals surface area contributed by atoms with Crippen molar-refractivity contribution in [2.24, 2.45) is 0 Å². The number of nitrogens with zero attached hydrogens (tertiary/aromatic N) is 5. The van der Waals surface area contributed by atoms with Crippen LogP contribution in [0.1, 0.15) is 23.6 Å². The minimum absolute atomic E-state index is 0.0576. The highest BCUT2D eigenvalue weighted by atomic mass is 16.5. The number of hydrogen-bond acceptors (Lipinski definition) is 6. The van der Waals surface area contributed by atoms with Crippen molar-refractivity contribution in [2.75, 3.05) is 18.6 Å². The van der Waals surface area contributed by atoms with Crippen LogP contribution < -0.4 is 4.90 Å². The van der Waals surface area contributed by atoms with Gasteiger partial charge in [0.1, 0.15) is 5.92 Å². The van der Waals surface area contributed by atoms with Gasteiger partial charge < -0.3 is 9.64 Å². The summed E-state index contributed by atoms with van der Waals surface area (Å²) in [6.07, 6.45) is 5.78. The van der Waals surface area contributed by atoms with E-state index in [1.54, 1.807) is 28.2 Å². The Balaban J connectivity index is 1.50. The van der Waals surface area contributed by atoms with Crippen molar-refractivity contribution in [1.29, 1.82) is 0 Å². The van der Waals surface area contributed by atoms with Crippen LogP contribution in [0.25, 0.3) is 5.69 Å². The molecule has 0 radical (unpaired) electrons. The number of aromatic nitrogens is 4. The summed E-state index contributed by atoms with van der Waals surface area (Å²) in [7, 11) is 1.36. The molecule has 0 saturated carbocycles. The van der Waals surface area contributed by atoms with Gasteiger partial charge in [0.25, 0.3) is 0 Å². The van der Waals surface area contributed by atoms with Crippen LogP contribution in [0.15, 0.2) is 55.0 Å². The highest BCUT2D eigenvalue weighted by molar-refractivity contribution is 5.99. The summed E-state index contributed by atoms with van der Waals surface area (Å²) >= 11 is 0. The normalized spacial score (nSPS) is 15.3. The molecule has 2 aromatic heterocycles. The zero-order valence-electron chi connectivity index (χ0n) is 15.4. The van der Waals surface area contributed by atoms with E-state index in [2.05, 4.69) is 15.3 Å². The Morgan fingerprint density at radius 1 is 1.18 bits per heavy atom. The van der Waals surface area contributed by atoms with Gasteiger partial charge in [0.05, 0.1) is 30.9 Å². The second-order valence-electron chi connectivity index (χ2n) is 6.49. The summed E-state index contributed by atoms with van der Waals surface area (Å²) in [5.74, 6) is -0.841. The number of methoxy groups -OCH3 is 1. The quantitative estimate of drug-likeness (QED) is 0.631. The number of anilines is 1. The standard InChI is InChI=1S/C20H19N5O3/c1-28-20(27)17-13-24(18-7-3-2-6-16(17)18)19(26)9-8-15-12-22-23-25(15)14-5-4-10-21-11-14/h2-7,10-12,17H,8-9,13H2,1H3. The van der Waals surface area contributed by atoms with Crippen LogP contribution >= 0.6 is 0 Å². The molecule has 3 heterocycles. The van der Waals surface area contributed by atoms with Crippen LogP contribution in [0.3, 0.4) is 0 Å². The molecule has 1 aromatic carbocycles. The van der Waals surface area contributed by atoms with E-state index in [-0.39, 0.29) is 18.3 Å². The summed E-state index contributed by atoms with van der Waals surface area (Å²) in [5, 5.41) is 8.04.